The Morgan fingerprint density at radius 1 is 1.58 bits per heavy atom. The van der Waals surface area contributed by atoms with E-state index in [0.29, 0.717) is 12.5 Å². The van der Waals surface area contributed by atoms with Crippen LogP contribution in [-0.4, -0.2) is 36.9 Å². The molecule has 1 aliphatic heterocycles. The molecule has 0 aromatic rings. The highest BCUT2D eigenvalue weighted by Crippen LogP contribution is 2.17. The molecule has 2 atom stereocenters. The molecule has 1 aliphatic rings. The first-order valence-electron chi connectivity index (χ1n) is 4.18. The lowest BCUT2D eigenvalue weighted by Gasteiger charge is -2.08. The smallest absolute Gasteiger partial charge is 0.158 e. The molecule has 2 nitrogen and oxygen atoms in total. The molecule has 4 heteroatoms. The SMILES string of the molecule is CSCCCC1OCC(CCl)O1. The van der Waals surface area contributed by atoms with Crippen molar-refractivity contribution in [2.45, 2.75) is 25.2 Å². The summed E-state index contributed by atoms with van der Waals surface area (Å²) in [6.07, 6.45) is 4.37. The zero-order valence-corrected chi connectivity index (χ0v) is 8.87. The highest BCUT2D eigenvalue weighted by Gasteiger charge is 2.24. The fourth-order valence-electron chi connectivity index (χ4n) is 1.13. The van der Waals surface area contributed by atoms with Gasteiger partial charge in [-0.05, 0) is 24.9 Å². The van der Waals surface area contributed by atoms with E-state index < -0.39 is 0 Å². The summed E-state index contributed by atoms with van der Waals surface area (Å²) in [5.74, 6) is 1.72. The van der Waals surface area contributed by atoms with Gasteiger partial charge in [-0.25, -0.2) is 0 Å². The summed E-state index contributed by atoms with van der Waals surface area (Å²) in [5.41, 5.74) is 0. The van der Waals surface area contributed by atoms with E-state index in [9.17, 15) is 0 Å². The van der Waals surface area contributed by atoms with Gasteiger partial charge in [0.05, 0.1) is 18.6 Å². The molecule has 72 valence electrons. The van der Waals surface area contributed by atoms with E-state index in [2.05, 4.69) is 6.26 Å². The van der Waals surface area contributed by atoms with Crippen LogP contribution in [0, 0.1) is 0 Å². The molecule has 1 heterocycles. The van der Waals surface area contributed by atoms with E-state index in [1.807, 2.05) is 11.8 Å². The maximum absolute atomic E-state index is 5.63. The second kappa shape index (κ2) is 6.08. The van der Waals surface area contributed by atoms with Gasteiger partial charge >= 0.3 is 0 Å². The van der Waals surface area contributed by atoms with Crippen molar-refractivity contribution in [3.63, 3.8) is 0 Å². The quantitative estimate of drug-likeness (QED) is 0.512. The van der Waals surface area contributed by atoms with Crippen LogP contribution in [0.1, 0.15) is 12.8 Å². The standard InChI is InChI=1S/C8H15ClO2S/c1-12-4-2-3-8-10-6-7(5-9)11-8/h7-8H,2-6H2,1H3. The molecule has 0 bridgehead atoms. The van der Waals surface area contributed by atoms with Crippen LogP contribution < -0.4 is 0 Å². The van der Waals surface area contributed by atoms with E-state index in [1.54, 1.807) is 0 Å². The molecule has 1 fully saturated rings. The van der Waals surface area contributed by atoms with Crippen molar-refractivity contribution < 1.29 is 9.47 Å². The van der Waals surface area contributed by atoms with Crippen molar-refractivity contribution in [1.82, 2.24) is 0 Å². The van der Waals surface area contributed by atoms with Crippen molar-refractivity contribution in [1.29, 1.82) is 0 Å². The number of hydrogen-bond acceptors (Lipinski definition) is 3. The summed E-state index contributed by atoms with van der Waals surface area (Å²) in [7, 11) is 0. The van der Waals surface area contributed by atoms with Gasteiger partial charge in [0.15, 0.2) is 6.29 Å². The highest BCUT2D eigenvalue weighted by atomic mass is 35.5. The van der Waals surface area contributed by atoms with E-state index in [1.165, 1.54) is 5.75 Å². The molecular formula is C8H15ClO2S. The van der Waals surface area contributed by atoms with E-state index >= 15 is 0 Å². The number of thioether (sulfide) groups is 1. The second-order valence-electron chi connectivity index (χ2n) is 2.81. The van der Waals surface area contributed by atoms with Crippen LogP contribution in [0.25, 0.3) is 0 Å². The summed E-state index contributed by atoms with van der Waals surface area (Å²) in [5, 5.41) is 0. The van der Waals surface area contributed by atoms with Crippen molar-refractivity contribution in [2.24, 2.45) is 0 Å². The van der Waals surface area contributed by atoms with Gasteiger partial charge in [-0.3, -0.25) is 0 Å². The molecule has 0 spiro atoms. The molecule has 1 rings (SSSR count). The third kappa shape index (κ3) is 3.52. The monoisotopic (exact) mass is 210 g/mol. The van der Waals surface area contributed by atoms with Crippen LogP contribution in [0.3, 0.4) is 0 Å². The molecule has 12 heavy (non-hydrogen) atoms. The minimum absolute atomic E-state index is 0.000833. The normalized spacial score (nSPS) is 29.5. The van der Waals surface area contributed by atoms with Crippen LogP contribution in [0.2, 0.25) is 0 Å². The van der Waals surface area contributed by atoms with Crippen LogP contribution in [0.5, 0.6) is 0 Å². The molecule has 0 aliphatic carbocycles. The topological polar surface area (TPSA) is 18.5 Å². The van der Waals surface area contributed by atoms with Crippen LogP contribution >= 0.6 is 23.4 Å². The third-order valence-corrected chi connectivity index (χ3v) is 2.81. The Bertz CT molecular complexity index is 124. The van der Waals surface area contributed by atoms with Gasteiger partial charge in [-0.15, -0.1) is 11.6 Å². The molecule has 2 unspecified atom stereocenters. The summed E-state index contributed by atoms with van der Waals surface area (Å²) in [4.78, 5) is 0. The summed E-state index contributed by atoms with van der Waals surface area (Å²) in [6.45, 7) is 0.660. The Hall–Kier alpha value is 0.560. The Labute approximate surface area is 82.9 Å². The van der Waals surface area contributed by atoms with E-state index in [4.69, 9.17) is 21.1 Å². The first kappa shape index (κ1) is 10.6. The van der Waals surface area contributed by atoms with Gasteiger partial charge in [0.25, 0.3) is 0 Å². The van der Waals surface area contributed by atoms with Gasteiger partial charge in [-0.1, -0.05) is 0 Å². The summed E-state index contributed by atoms with van der Waals surface area (Å²) >= 11 is 7.48. The average Bonchev–Trinajstić information content (AvgIpc) is 2.53. The van der Waals surface area contributed by atoms with Crippen molar-refractivity contribution >= 4 is 23.4 Å². The number of halogens is 1. The first-order valence-corrected chi connectivity index (χ1v) is 6.11. The molecule has 0 amide bonds. The lowest BCUT2D eigenvalue weighted by Crippen LogP contribution is -2.13. The van der Waals surface area contributed by atoms with Crippen molar-refractivity contribution in [3.8, 4) is 0 Å². The molecule has 0 saturated carbocycles. The molecular weight excluding hydrogens is 196 g/mol. The fraction of sp³-hybridized carbons (Fsp3) is 1.00. The predicted octanol–water partition coefficient (Wildman–Crippen LogP) is 2.11. The lowest BCUT2D eigenvalue weighted by atomic mass is 10.3. The summed E-state index contributed by atoms with van der Waals surface area (Å²) < 4.78 is 10.9. The van der Waals surface area contributed by atoms with Crippen molar-refractivity contribution in [3.05, 3.63) is 0 Å². The largest absolute Gasteiger partial charge is 0.350 e. The van der Waals surface area contributed by atoms with E-state index in [-0.39, 0.29) is 12.4 Å². The number of hydrogen-bond donors (Lipinski definition) is 0. The molecule has 0 N–H and O–H groups in total. The Balaban J connectivity index is 2.03. The third-order valence-electron chi connectivity index (χ3n) is 1.77. The Morgan fingerprint density at radius 3 is 3.00 bits per heavy atom. The van der Waals surface area contributed by atoms with E-state index in [0.717, 1.165) is 12.8 Å². The maximum Gasteiger partial charge on any atom is 0.158 e. The highest BCUT2D eigenvalue weighted by molar-refractivity contribution is 7.98. The average molecular weight is 211 g/mol. The zero-order valence-electron chi connectivity index (χ0n) is 7.29. The minimum atomic E-state index is 0.000833. The maximum atomic E-state index is 5.63. The molecule has 0 radical (unpaired) electrons. The molecule has 0 aromatic carbocycles. The second-order valence-corrected chi connectivity index (χ2v) is 4.10. The zero-order chi connectivity index (χ0) is 8.81. The minimum Gasteiger partial charge on any atom is -0.350 e. The van der Waals surface area contributed by atoms with Crippen LogP contribution in [0.15, 0.2) is 0 Å². The van der Waals surface area contributed by atoms with Gasteiger partial charge in [0.1, 0.15) is 0 Å². The van der Waals surface area contributed by atoms with Gasteiger partial charge in [-0.2, -0.15) is 11.8 Å². The van der Waals surface area contributed by atoms with Crippen molar-refractivity contribution in [2.75, 3.05) is 24.5 Å². The number of ether oxygens (including phenoxy) is 2. The van der Waals surface area contributed by atoms with Gasteiger partial charge in [0, 0.05) is 0 Å². The lowest BCUT2D eigenvalue weighted by molar-refractivity contribution is -0.0586. The predicted molar refractivity (Wildman–Crippen MR) is 52.9 cm³/mol. The molecule has 1 saturated heterocycles. The fourth-order valence-corrected chi connectivity index (χ4v) is 1.75. The number of alkyl halides is 1. The number of rotatable bonds is 5. The Kier molecular flexibility index (Phi) is 5.39. The van der Waals surface area contributed by atoms with Gasteiger partial charge in [0.2, 0.25) is 0 Å². The van der Waals surface area contributed by atoms with Crippen LogP contribution in [-0.2, 0) is 9.47 Å². The van der Waals surface area contributed by atoms with Crippen LogP contribution in [0.4, 0.5) is 0 Å². The Morgan fingerprint density at radius 2 is 2.42 bits per heavy atom. The van der Waals surface area contributed by atoms with Gasteiger partial charge < -0.3 is 9.47 Å². The molecule has 0 aromatic heterocycles. The first-order chi connectivity index (χ1) is 5.86. The summed E-state index contributed by atoms with van der Waals surface area (Å²) in [6, 6.07) is 0.